The SMILES string of the molecule is C[C@H](Cc1cnccn1)N(C)Cc1cc(C(C)(C)C)n[nH]1. The smallest absolute Gasteiger partial charge is 0.0678 e. The van der Waals surface area contributed by atoms with Gasteiger partial charge in [-0.2, -0.15) is 5.10 Å². The van der Waals surface area contributed by atoms with Crippen molar-refractivity contribution >= 4 is 0 Å². The average Bonchev–Trinajstić information content (AvgIpc) is 2.88. The minimum absolute atomic E-state index is 0.0819. The van der Waals surface area contributed by atoms with Crippen LogP contribution in [0.2, 0.25) is 0 Å². The lowest BCUT2D eigenvalue weighted by molar-refractivity contribution is 0.244. The van der Waals surface area contributed by atoms with E-state index in [1.54, 1.807) is 12.4 Å². The third kappa shape index (κ3) is 4.36. The molecule has 0 unspecified atom stereocenters. The van der Waals surface area contributed by atoms with E-state index in [1.165, 1.54) is 0 Å². The van der Waals surface area contributed by atoms with Gasteiger partial charge in [-0.15, -0.1) is 0 Å². The summed E-state index contributed by atoms with van der Waals surface area (Å²) < 4.78 is 0. The van der Waals surface area contributed by atoms with Crippen LogP contribution in [0.4, 0.5) is 0 Å². The van der Waals surface area contributed by atoms with Crippen molar-refractivity contribution in [1.82, 2.24) is 25.1 Å². The molecule has 2 aromatic rings. The predicted octanol–water partition coefficient (Wildman–Crippen LogP) is 2.56. The van der Waals surface area contributed by atoms with Gasteiger partial charge in [0.2, 0.25) is 0 Å². The number of hydrogen-bond donors (Lipinski definition) is 1. The maximum Gasteiger partial charge on any atom is 0.0678 e. The van der Waals surface area contributed by atoms with Crippen molar-refractivity contribution in [2.24, 2.45) is 0 Å². The number of likely N-dealkylation sites (N-methyl/N-ethyl adjacent to an activating group) is 1. The summed E-state index contributed by atoms with van der Waals surface area (Å²) in [6.07, 6.45) is 6.17. The number of H-pyrrole nitrogens is 1. The van der Waals surface area contributed by atoms with Crippen molar-refractivity contribution in [2.45, 2.75) is 52.1 Å². The predicted molar refractivity (Wildman–Crippen MR) is 84.0 cm³/mol. The molecule has 1 atom stereocenters. The van der Waals surface area contributed by atoms with Crippen molar-refractivity contribution in [3.8, 4) is 0 Å². The van der Waals surface area contributed by atoms with Gasteiger partial charge >= 0.3 is 0 Å². The average molecular weight is 287 g/mol. The monoisotopic (exact) mass is 287 g/mol. The van der Waals surface area contributed by atoms with Crippen molar-refractivity contribution in [3.05, 3.63) is 41.7 Å². The molecule has 0 amide bonds. The van der Waals surface area contributed by atoms with E-state index in [0.29, 0.717) is 6.04 Å². The molecule has 2 aromatic heterocycles. The van der Waals surface area contributed by atoms with Crippen LogP contribution in [0.5, 0.6) is 0 Å². The highest BCUT2D eigenvalue weighted by molar-refractivity contribution is 5.16. The minimum Gasteiger partial charge on any atom is -0.298 e. The van der Waals surface area contributed by atoms with Crippen LogP contribution < -0.4 is 0 Å². The molecule has 0 bridgehead atoms. The van der Waals surface area contributed by atoms with Gasteiger partial charge in [-0.05, 0) is 20.0 Å². The lowest BCUT2D eigenvalue weighted by Gasteiger charge is -2.23. The van der Waals surface area contributed by atoms with Gasteiger partial charge in [0.15, 0.2) is 0 Å². The third-order valence-corrected chi connectivity index (χ3v) is 3.69. The van der Waals surface area contributed by atoms with E-state index < -0.39 is 0 Å². The highest BCUT2D eigenvalue weighted by Gasteiger charge is 2.18. The van der Waals surface area contributed by atoms with Gasteiger partial charge in [-0.3, -0.25) is 20.0 Å². The fraction of sp³-hybridized carbons (Fsp3) is 0.562. The highest BCUT2D eigenvalue weighted by atomic mass is 15.2. The quantitative estimate of drug-likeness (QED) is 0.918. The normalized spacial score (nSPS) is 13.6. The molecule has 0 fully saturated rings. The zero-order valence-electron chi connectivity index (χ0n) is 13.6. The maximum absolute atomic E-state index is 4.41. The molecular weight excluding hydrogens is 262 g/mol. The summed E-state index contributed by atoms with van der Waals surface area (Å²) in [6, 6.07) is 2.55. The van der Waals surface area contributed by atoms with Gasteiger partial charge in [0, 0.05) is 48.7 Å². The molecule has 0 aliphatic heterocycles. The number of aromatic nitrogens is 4. The molecule has 0 spiro atoms. The lowest BCUT2D eigenvalue weighted by atomic mass is 9.92. The number of nitrogens with zero attached hydrogens (tertiary/aromatic N) is 4. The second-order valence-electron chi connectivity index (χ2n) is 6.69. The van der Waals surface area contributed by atoms with Gasteiger partial charge < -0.3 is 0 Å². The standard InChI is InChI=1S/C16H25N5/c1-12(8-13-10-17-6-7-18-13)21(5)11-14-9-15(20-19-14)16(2,3)4/h6-7,9-10,12H,8,11H2,1-5H3,(H,19,20)/t12-/m1/s1. The Morgan fingerprint density at radius 3 is 2.62 bits per heavy atom. The van der Waals surface area contributed by atoms with Gasteiger partial charge in [0.1, 0.15) is 0 Å². The Hall–Kier alpha value is -1.75. The van der Waals surface area contributed by atoms with Crippen LogP contribution in [0.15, 0.2) is 24.7 Å². The molecule has 0 aliphatic carbocycles. The van der Waals surface area contributed by atoms with Crippen molar-refractivity contribution in [2.75, 3.05) is 7.05 Å². The zero-order chi connectivity index (χ0) is 15.5. The fourth-order valence-electron chi connectivity index (χ4n) is 2.15. The molecule has 0 saturated heterocycles. The molecule has 2 heterocycles. The number of aromatic amines is 1. The van der Waals surface area contributed by atoms with E-state index >= 15 is 0 Å². The topological polar surface area (TPSA) is 57.7 Å². The molecule has 2 rings (SSSR count). The number of hydrogen-bond acceptors (Lipinski definition) is 4. The van der Waals surface area contributed by atoms with E-state index in [-0.39, 0.29) is 5.41 Å². The van der Waals surface area contributed by atoms with E-state index in [0.717, 1.165) is 30.0 Å². The minimum atomic E-state index is 0.0819. The Balaban J connectivity index is 1.94. The van der Waals surface area contributed by atoms with E-state index in [1.807, 2.05) is 6.20 Å². The molecule has 5 nitrogen and oxygen atoms in total. The molecule has 114 valence electrons. The van der Waals surface area contributed by atoms with Gasteiger partial charge in [0.05, 0.1) is 11.4 Å². The van der Waals surface area contributed by atoms with Crippen LogP contribution in [0.25, 0.3) is 0 Å². The Labute approximate surface area is 126 Å². The van der Waals surface area contributed by atoms with E-state index in [2.05, 4.69) is 65.9 Å². The number of nitrogens with one attached hydrogen (secondary N) is 1. The largest absolute Gasteiger partial charge is 0.298 e. The Kier molecular flexibility index (Phi) is 4.73. The summed E-state index contributed by atoms with van der Waals surface area (Å²) in [5.74, 6) is 0. The summed E-state index contributed by atoms with van der Waals surface area (Å²) in [5, 5.41) is 7.55. The molecule has 21 heavy (non-hydrogen) atoms. The maximum atomic E-state index is 4.41. The Morgan fingerprint density at radius 2 is 2.05 bits per heavy atom. The molecule has 1 N–H and O–H groups in total. The molecular formula is C16H25N5. The first-order valence-corrected chi connectivity index (χ1v) is 7.36. The first-order chi connectivity index (χ1) is 9.86. The van der Waals surface area contributed by atoms with Crippen LogP contribution >= 0.6 is 0 Å². The van der Waals surface area contributed by atoms with Crippen LogP contribution in [-0.2, 0) is 18.4 Å². The van der Waals surface area contributed by atoms with Crippen molar-refractivity contribution in [3.63, 3.8) is 0 Å². The van der Waals surface area contributed by atoms with Gasteiger partial charge in [-0.1, -0.05) is 20.8 Å². The Bertz CT molecular complexity index is 556. The second kappa shape index (κ2) is 6.35. The summed E-state index contributed by atoms with van der Waals surface area (Å²) in [4.78, 5) is 10.7. The van der Waals surface area contributed by atoms with Crippen LogP contribution in [0.3, 0.4) is 0 Å². The molecule has 0 radical (unpaired) electrons. The van der Waals surface area contributed by atoms with Crippen LogP contribution in [-0.4, -0.2) is 38.2 Å². The molecule has 0 saturated carbocycles. The first-order valence-electron chi connectivity index (χ1n) is 7.36. The second-order valence-corrected chi connectivity index (χ2v) is 6.69. The highest BCUT2D eigenvalue weighted by Crippen LogP contribution is 2.21. The van der Waals surface area contributed by atoms with Gasteiger partial charge in [-0.25, -0.2) is 0 Å². The first kappa shape index (κ1) is 15.6. The summed E-state index contributed by atoms with van der Waals surface area (Å²) in [7, 11) is 2.12. The Morgan fingerprint density at radius 1 is 1.29 bits per heavy atom. The van der Waals surface area contributed by atoms with Crippen molar-refractivity contribution < 1.29 is 0 Å². The molecule has 0 aromatic carbocycles. The zero-order valence-corrected chi connectivity index (χ0v) is 13.6. The van der Waals surface area contributed by atoms with E-state index in [9.17, 15) is 0 Å². The summed E-state index contributed by atoms with van der Waals surface area (Å²) in [5.41, 5.74) is 3.36. The fourth-order valence-corrected chi connectivity index (χ4v) is 2.15. The van der Waals surface area contributed by atoms with Gasteiger partial charge in [0.25, 0.3) is 0 Å². The summed E-state index contributed by atoms with van der Waals surface area (Å²) >= 11 is 0. The lowest BCUT2D eigenvalue weighted by Crippen LogP contribution is -2.30. The summed E-state index contributed by atoms with van der Waals surface area (Å²) in [6.45, 7) is 9.58. The molecule has 5 heteroatoms. The van der Waals surface area contributed by atoms with E-state index in [4.69, 9.17) is 0 Å². The van der Waals surface area contributed by atoms with Crippen LogP contribution in [0.1, 0.15) is 44.8 Å². The molecule has 0 aliphatic rings. The van der Waals surface area contributed by atoms with Crippen molar-refractivity contribution in [1.29, 1.82) is 0 Å². The third-order valence-electron chi connectivity index (χ3n) is 3.69. The van der Waals surface area contributed by atoms with Crippen LogP contribution in [0, 0.1) is 0 Å². The number of rotatable bonds is 5.